The molecule has 3 nitrogen and oxygen atoms in total. The largest absolute Gasteiger partial charge is 0.509 e. The van der Waals surface area contributed by atoms with E-state index in [9.17, 15) is 17.7 Å². The molecular weight excluding hydrogens is 248 g/mol. The van der Waals surface area contributed by atoms with Gasteiger partial charge < -0.3 is 22.1 Å². The number of carbonyl (C=O) groups excluding carboxylic acids is 1. The number of benzene rings is 1. The molecule has 7 heteroatoms. The van der Waals surface area contributed by atoms with E-state index in [-0.39, 0.29) is 17.8 Å². The molecule has 1 aromatic heterocycles. The van der Waals surface area contributed by atoms with Crippen LogP contribution in [0.15, 0.2) is 28.9 Å². The summed E-state index contributed by atoms with van der Waals surface area (Å²) < 4.78 is 47.3. The van der Waals surface area contributed by atoms with Gasteiger partial charge in [0.05, 0.1) is 6.61 Å². The molecule has 0 bridgehead atoms. The summed E-state index contributed by atoms with van der Waals surface area (Å²) in [5.41, 5.74) is -0.602. The first kappa shape index (κ1) is 12.5. The van der Waals surface area contributed by atoms with Crippen molar-refractivity contribution in [2.24, 2.45) is 0 Å². The Morgan fingerprint density at radius 3 is 2.72 bits per heavy atom. The highest BCUT2D eigenvalue weighted by atomic mass is 19.4. The maximum absolute atomic E-state index is 12.5. The van der Waals surface area contributed by atoms with Gasteiger partial charge in [-0.15, -0.1) is 5.46 Å². The van der Waals surface area contributed by atoms with E-state index in [0.717, 1.165) is 18.4 Å². The summed E-state index contributed by atoms with van der Waals surface area (Å²) in [5.74, 6) is -0.610. The van der Waals surface area contributed by atoms with Crippen LogP contribution >= 0.6 is 0 Å². The van der Waals surface area contributed by atoms with E-state index < -0.39 is 18.4 Å². The van der Waals surface area contributed by atoms with Crippen molar-refractivity contribution in [1.82, 2.24) is 0 Å². The highest BCUT2D eigenvalue weighted by Gasteiger charge is 2.26. The zero-order valence-electron chi connectivity index (χ0n) is 9.45. The number of esters is 1. The monoisotopic (exact) mass is 257 g/mol. The third-order valence-electron chi connectivity index (χ3n) is 2.47. The first-order valence-corrected chi connectivity index (χ1v) is 5.31. The number of halogens is 3. The van der Waals surface area contributed by atoms with E-state index in [1.165, 1.54) is 6.07 Å². The number of hydrogen-bond acceptors (Lipinski definition) is 3. The Labute approximate surface area is 101 Å². The van der Waals surface area contributed by atoms with Gasteiger partial charge >= 0.3 is 12.9 Å². The van der Waals surface area contributed by atoms with Crippen molar-refractivity contribution in [2.75, 3.05) is 6.61 Å². The predicted molar refractivity (Wildman–Crippen MR) is 60.9 cm³/mol. The maximum Gasteiger partial charge on any atom is 0.509 e. The van der Waals surface area contributed by atoms with Gasteiger partial charge in [0.15, 0.2) is 0 Å². The lowest BCUT2D eigenvalue weighted by atomic mass is 9.80. The van der Waals surface area contributed by atoms with Crippen molar-refractivity contribution in [3.05, 3.63) is 30.0 Å². The van der Waals surface area contributed by atoms with E-state index >= 15 is 0 Å². The van der Waals surface area contributed by atoms with E-state index in [1.54, 1.807) is 6.92 Å². The number of ether oxygens (including phenoxy) is 1. The molecule has 0 aliphatic rings. The van der Waals surface area contributed by atoms with Crippen LogP contribution in [0.5, 0.6) is 0 Å². The molecular formula is C11H9BF3O3-. The molecule has 0 aliphatic heterocycles. The van der Waals surface area contributed by atoms with Crippen LogP contribution in [0.1, 0.15) is 17.3 Å². The number of rotatable bonds is 3. The Bertz CT molecular complexity index is 589. The smallest absolute Gasteiger partial charge is 0.464 e. The van der Waals surface area contributed by atoms with Gasteiger partial charge in [0.1, 0.15) is 17.4 Å². The maximum atomic E-state index is 12.5. The zero-order chi connectivity index (χ0) is 13.3. The Hall–Kier alpha value is -1.92. The second-order valence-corrected chi connectivity index (χ2v) is 3.70. The number of fused-ring (bicyclic) bond motifs is 1. The number of hydrogen-bond donors (Lipinski definition) is 0. The van der Waals surface area contributed by atoms with Crippen molar-refractivity contribution in [3.8, 4) is 0 Å². The van der Waals surface area contributed by atoms with Crippen LogP contribution < -0.4 is 5.46 Å². The summed E-state index contributed by atoms with van der Waals surface area (Å²) in [6, 6.07) is 3.04. The second kappa shape index (κ2) is 4.40. The second-order valence-electron chi connectivity index (χ2n) is 3.70. The molecule has 2 rings (SSSR count). The molecule has 18 heavy (non-hydrogen) atoms. The molecule has 0 radical (unpaired) electrons. The van der Waals surface area contributed by atoms with Crippen LogP contribution in [-0.2, 0) is 4.74 Å². The van der Waals surface area contributed by atoms with Crippen molar-refractivity contribution in [3.63, 3.8) is 0 Å². The first-order valence-electron chi connectivity index (χ1n) is 5.31. The molecule has 0 N–H and O–H groups in total. The van der Waals surface area contributed by atoms with Gasteiger partial charge in [-0.3, -0.25) is 0 Å². The summed E-state index contributed by atoms with van der Waals surface area (Å²) in [6.45, 7) is -3.25. The summed E-state index contributed by atoms with van der Waals surface area (Å²) in [4.78, 5) is 11.5. The van der Waals surface area contributed by atoms with Crippen LogP contribution in [-0.4, -0.2) is 19.6 Å². The highest BCUT2D eigenvalue weighted by Crippen LogP contribution is 2.22. The van der Waals surface area contributed by atoms with E-state index in [4.69, 9.17) is 9.15 Å². The minimum Gasteiger partial charge on any atom is -0.464 e. The fourth-order valence-electron chi connectivity index (χ4n) is 1.62. The van der Waals surface area contributed by atoms with Crippen LogP contribution in [0, 0.1) is 0 Å². The molecule has 0 fully saturated rings. The Kier molecular flexibility index (Phi) is 3.06. The Balaban J connectivity index is 2.47. The van der Waals surface area contributed by atoms with Crippen molar-refractivity contribution in [1.29, 1.82) is 0 Å². The van der Waals surface area contributed by atoms with Crippen molar-refractivity contribution < 1.29 is 26.9 Å². The average molecular weight is 257 g/mol. The van der Waals surface area contributed by atoms with Crippen LogP contribution in [0.4, 0.5) is 12.9 Å². The van der Waals surface area contributed by atoms with Crippen molar-refractivity contribution >= 4 is 29.4 Å². The van der Waals surface area contributed by atoms with Gasteiger partial charge in [-0.1, -0.05) is 12.1 Å². The Morgan fingerprint density at radius 2 is 2.11 bits per heavy atom. The Morgan fingerprint density at radius 1 is 1.39 bits per heavy atom. The molecule has 0 saturated heterocycles. The molecule has 1 aromatic carbocycles. The molecule has 0 atom stereocenters. The lowest BCUT2D eigenvalue weighted by Crippen LogP contribution is -2.33. The van der Waals surface area contributed by atoms with Gasteiger partial charge in [0, 0.05) is 5.39 Å². The zero-order valence-corrected chi connectivity index (χ0v) is 9.45. The fraction of sp³-hybridized carbons (Fsp3) is 0.182. The number of carbonyl (C=O) groups is 1. The normalized spacial score (nSPS) is 11.8. The highest BCUT2D eigenvalue weighted by molar-refractivity contribution is 6.73. The third kappa shape index (κ3) is 2.20. The number of furan rings is 1. The quantitative estimate of drug-likeness (QED) is 0.626. The molecule has 0 saturated carbocycles. The summed E-state index contributed by atoms with van der Waals surface area (Å²) >= 11 is 0. The SMILES string of the molecule is CCOC(=O)c1coc2cc([B-](F)(F)F)ccc12. The topological polar surface area (TPSA) is 39.4 Å². The third-order valence-corrected chi connectivity index (χ3v) is 2.47. The molecule has 96 valence electrons. The lowest BCUT2D eigenvalue weighted by molar-refractivity contribution is 0.0527. The molecule has 0 spiro atoms. The minimum absolute atomic E-state index is 0.0229. The molecule has 2 aromatic rings. The van der Waals surface area contributed by atoms with Gasteiger partial charge in [0.25, 0.3) is 0 Å². The van der Waals surface area contributed by atoms with Gasteiger partial charge in [-0.2, -0.15) is 0 Å². The molecule has 0 aliphatic carbocycles. The minimum atomic E-state index is -5.08. The standard InChI is InChI=1S/C11H9BF3O3/c1-2-17-11(16)9-6-18-10-5-7(12(13,14)15)3-4-8(9)10/h3-6H,2H2,1H3/q-1. The van der Waals surface area contributed by atoms with Gasteiger partial charge in [-0.05, 0) is 13.0 Å². The van der Waals surface area contributed by atoms with Gasteiger partial charge in [-0.25, -0.2) is 4.79 Å². The molecule has 0 amide bonds. The van der Waals surface area contributed by atoms with Crippen LogP contribution in [0.25, 0.3) is 11.0 Å². The molecule has 0 unspecified atom stereocenters. The van der Waals surface area contributed by atoms with E-state index in [0.29, 0.717) is 5.39 Å². The summed E-state index contributed by atoms with van der Waals surface area (Å²) in [6.07, 6.45) is 1.11. The average Bonchev–Trinajstić information content (AvgIpc) is 2.70. The predicted octanol–water partition coefficient (Wildman–Crippen LogP) is 2.66. The molecule has 1 heterocycles. The van der Waals surface area contributed by atoms with Crippen LogP contribution in [0.2, 0.25) is 0 Å². The van der Waals surface area contributed by atoms with E-state index in [1.807, 2.05) is 0 Å². The van der Waals surface area contributed by atoms with Crippen LogP contribution in [0.3, 0.4) is 0 Å². The summed E-state index contributed by atoms with van der Waals surface area (Å²) in [7, 11) is 0. The van der Waals surface area contributed by atoms with Crippen molar-refractivity contribution in [2.45, 2.75) is 6.92 Å². The fourth-order valence-corrected chi connectivity index (χ4v) is 1.62. The summed E-state index contributed by atoms with van der Waals surface area (Å²) in [5, 5.41) is 0.317. The van der Waals surface area contributed by atoms with Gasteiger partial charge in [0.2, 0.25) is 0 Å². The first-order chi connectivity index (χ1) is 8.43. The lowest BCUT2D eigenvalue weighted by Gasteiger charge is -2.13. The van der Waals surface area contributed by atoms with E-state index in [2.05, 4.69) is 0 Å².